The largest absolute Gasteiger partial charge is 0.329 e. The third-order valence-corrected chi connectivity index (χ3v) is 4.17. The van der Waals surface area contributed by atoms with Gasteiger partial charge < -0.3 is 5.73 Å². The smallest absolute Gasteiger partial charge is 0.0530 e. The molecule has 0 radical (unpaired) electrons. The first kappa shape index (κ1) is 13.4. The summed E-state index contributed by atoms with van der Waals surface area (Å²) in [5.74, 6) is 0.799. The highest BCUT2D eigenvalue weighted by Gasteiger charge is 2.32. The lowest BCUT2D eigenvalue weighted by Gasteiger charge is -2.36. The normalized spacial score (nSPS) is 28.1. The Morgan fingerprint density at radius 2 is 2.15 bits per heavy atom. The zero-order valence-electron chi connectivity index (χ0n) is 8.28. The lowest BCUT2D eigenvalue weighted by molar-refractivity contribution is 0.262. The fraction of sp³-hybridized carbons (Fsp3) is 1.00. The van der Waals surface area contributed by atoms with Gasteiger partial charge in [0.1, 0.15) is 0 Å². The summed E-state index contributed by atoms with van der Waals surface area (Å²) in [5, 5.41) is 0. The molecule has 1 fully saturated rings. The van der Waals surface area contributed by atoms with Crippen LogP contribution in [-0.2, 0) is 10.8 Å². The highest BCUT2D eigenvalue weighted by Crippen LogP contribution is 2.19. The van der Waals surface area contributed by atoms with Crippen LogP contribution in [0.15, 0.2) is 0 Å². The third-order valence-electron chi connectivity index (χ3n) is 2.26. The van der Waals surface area contributed by atoms with Crippen LogP contribution in [0.1, 0.15) is 13.8 Å². The maximum absolute atomic E-state index is 11.5. The van der Waals surface area contributed by atoms with Crippen molar-refractivity contribution in [2.24, 2.45) is 5.73 Å². The summed E-state index contributed by atoms with van der Waals surface area (Å²) in [7, 11) is -0.657. The van der Waals surface area contributed by atoms with E-state index < -0.39 is 10.8 Å². The summed E-state index contributed by atoms with van der Waals surface area (Å²) in [6.45, 7) is 7.60. The second kappa shape index (κ2) is 5.29. The summed E-state index contributed by atoms with van der Waals surface area (Å²) in [4.78, 5) is 2.29. The molecule has 2 N–H and O–H groups in total. The van der Waals surface area contributed by atoms with E-state index in [4.69, 9.17) is 5.73 Å². The number of nitrogens with zero attached hydrogens (tertiary/aromatic N) is 1. The molecule has 1 unspecified atom stereocenters. The van der Waals surface area contributed by atoms with Crippen LogP contribution in [0, 0.1) is 0 Å². The Bertz CT molecular complexity index is 187. The van der Waals surface area contributed by atoms with Gasteiger partial charge in [-0.05, 0) is 13.8 Å². The molecule has 13 heavy (non-hydrogen) atoms. The Kier molecular flexibility index (Phi) is 5.44. The predicted molar refractivity (Wildman–Crippen MR) is 59.8 cm³/mol. The molecule has 0 aliphatic carbocycles. The molecule has 0 bridgehead atoms. The van der Waals surface area contributed by atoms with Crippen molar-refractivity contribution in [2.45, 2.75) is 18.6 Å². The molecule has 1 saturated heterocycles. The number of halogens is 1. The van der Waals surface area contributed by atoms with Crippen LogP contribution in [0.4, 0.5) is 0 Å². The summed E-state index contributed by atoms with van der Waals surface area (Å²) in [5.41, 5.74) is 5.47. The van der Waals surface area contributed by atoms with Crippen molar-refractivity contribution in [2.75, 3.05) is 31.9 Å². The molecule has 0 amide bonds. The van der Waals surface area contributed by atoms with Gasteiger partial charge in [-0.1, -0.05) is 0 Å². The van der Waals surface area contributed by atoms with Gasteiger partial charge in [-0.3, -0.25) is 9.11 Å². The van der Waals surface area contributed by atoms with E-state index in [1.165, 1.54) is 0 Å². The van der Waals surface area contributed by atoms with Crippen LogP contribution in [0.25, 0.3) is 0 Å². The minimum Gasteiger partial charge on any atom is -0.329 e. The first-order chi connectivity index (χ1) is 5.56. The maximum Gasteiger partial charge on any atom is 0.0530 e. The number of nitrogens with two attached hydrogens (primary N) is 1. The second-order valence-electron chi connectivity index (χ2n) is 3.87. The Morgan fingerprint density at radius 3 is 2.62 bits per heavy atom. The van der Waals surface area contributed by atoms with E-state index in [0.29, 0.717) is 6.54 Å². The number of hydrogen-bond acceptors (Lipinski definition) is 3. The van der Waals surface area contributed by atoms with Crippen LogP contribution < -0.4 is 5.73 Å². The van der Waals surface area contributed by atoms with E-state index in [1.807, 2.05) is 0 Å². The average molecular weight is 227 g/mol. The Hall–Kier alpha value is 0.360. The number of rotatable bonds is 2. The zero-order valence-corrected chi connectivity index (χ0v) is 9.92. The van der Waals surface area contributed by atoms with Crippen LogP contribution in [0.3, 0.4) is 0 Å². The minimum absolute atomic E-state index is 0. The van der Waals surface area contributed by atoms with Gasteiger partial charge in [0.05, 0.1) is 4.75 Å². The van der Waals surface area contributed by atoms with E-state index in [0.717, 1.165) is 25.4 Å². The quantitative estimate of drug-likeness (QED) is 0.733. The molecule has 0 saturated carbocycles. The van der Waals surface area contributed by atoms with Crippen molar-refractivity contribution < 1.29 is 4.21 Å². The molecule has 0 aromatic carbocycles. The van der Waals surface area contributed by atoms with Gasteiger partial charge in [0, 0.05) is 42.7 Å². The van der Waals surface area contributed by atoms with Gasteiger partial charge in [-0.25, -0.2) is 0 Å². The van der Waals surface area contributed by atoms with E-state index in [9.17, 15) is 4.21 Å². The van der Waals surface area contributed by atoms with Crippen LogP contribution in [0.2, 0.25) is 0 Å². The molecule has 1 aliphatic heterocycles. The topological polar surface area (TPSA) is 46.3 Å². The van der Waals surface area contributed by atoms with Gasteiger partial charge >= 0.3 is 0 Å². The fourth-order valence-electron chi connectivity index (χ4n) is 1.55. The molecule has 1 atom stereocenters. The van der Waals surface area contributed by atoms with Gasteiger partial charge in [-0.15, -0.1) is 12.4 Å². The highest BCUT2D eigenvalue weighted by atomic mass is 35.5. The molecule has 1 aliphatic rings. The Labute approximate surface area is 88.9 Å². The predicted octanol–water partition coefficient (Wildman–Crippen LogP) is 0.210. The van der Waals surface area contributed by atoms with Gasteiger partial charge in [0.2, 0.25) is 0 Å². The summed E-state index contributed by atoms with van der Waals surface area (Å²) >= 11 is 0. The second-order valence-corrected chi connectivity index (χ2v) is 6.08. The summed E-state index contributed by atoms with van der Waals surface area (Å²) in [6.07, 6.45) is 0. The third kappa shape index (κ3) is 3.54. The summed E-state index contributed by atoms with van der Waals surface area (Å²) in [6, 6.07) is 0. The first-order valence-electron chi connectivity index (χ1n) is 4.37. The molecule has 3 nitrogen and oxygen atoms in total. The monoisotopic (exact) mass is 226 g/mol. The summed E-state index contributed by atoms with van der Waals surface area (Å²) < 4.78 is 11.5. The molecular formula is C8H19ClN2OS. The van der Waals surface area contributed by atoms with Crippen molar-refractivity contribution in [3.63, 3.8) is 0 Å². The van der Waals surface area contributed by atoms with Gasteiger partial charge in [-0.2, -0.15) is 0 Å². The standard InChI is InChI=1S/C8H18N2OS.ClH/c1-8(2)7-10(4-3-9)5-6-12(8)11;/h3-7,9H2,1-2H3;1H. The Balaban J connectivity index is 0.00000144. The van der Waals surface area contributed by atoms with E-state index >= 15 is 0 Å². The lowest BCUT2D eigenvalue weighted by atomic mass is 10.2. The van der Waals surface area contributed by atoms with E-state index in [2.05, 4.69) is 18.7 Å². The van der Waals surface area contributed by atoms with Gasteiger partial charge in [0.25, 0.3) is 0 Å². The van der Waals surface area contributed by atoms with Crippen LogP contribution in [-0.4, -0.2) is 45.8 Å². The van der Waals surface area contributed by atoms with Crippen molar-refractivity contribution in [3.8, 4) is 0 Å². The SMILES string of the molecule is CC1(C)CN(CCN)CCS1=O.Cl. The molecule has 80 valence electrons. The molecule has 5 heteroatoms. The molecule has 0 aromatic heterocycles. The molecule has 1 rings (SSSR count). The Morgan fingerprint density at radius 1 is 1.54 bits per heavy atom. The van der Waals surface area contributed by atoms with Crippen molar-refractivity contribution in [3.05, 3.63) is 0 Å². The van der Waals surface area contributed by atoms with Crippen molar-refractivity contribution in [1.29, 1.82) is 0 Å². The van der Waals surface area contributed by atoms with Crippen LogP contribution >= 0.6 is 12.4 Å². The highest BCUT2D eigenvalue weighted by molar-refractivity contribution is 7.86. The molecule has 0 aromatic rings. The minimum atomic E-state index is -0.657. The first-order valence-corrected chi connectivity index (χ1v) is 5.69. The fourth-order valence-corrected chi connectivity index (χ4v) is 2.85. The molecular weight excluding hydrogens is 208 g/mol. The maximum atomic E-state index is 11.5. The lowest BCUT2D eigenvalue weighted by Crippen LogP contribution is -2.51. The van der Waals surface area contributed by atoms with E-state index in [1.54, 1.807) is 0 Å². The molecule has 0 spiro atoms. The van der Waals surface area contributed by atoms with Crippen molar-refractivity contribution >= 4 is 23.2 Å². The van der Waals surface area contributed by atoms with Gasteiger partial charge in [0.15, 0.2) is 0 Å². The number of hydrogen-bond donors (Lipinski definition) is 1. The van der Waals surface area contributed by atoms with Crippen LogP contribution in [0.5, 0.6) is 0 Å². The average Bonchev–Trinajstić information content (AvgIpc) is 1.97. The zero-order chi connectivity index (χ0) is 9.19. The molecule has 1 heterocycles. The van der Waals surface area contributed by atoms with Crippen molar-refractivity contribution in [1.82, 2.24) is 4.90 Å². The van der Waals surface area contributed by atoms with E-state index in [-0.39, 0.29) is 17.2 Å².